The highest BCUT2D eigenvalue weighted by Gasteiger charge is 2.20. The van der Waals surface area contributed by atoms with Crippen LogP contribution in [0.15, 0.2) is 4.99 Å². The van der Waals surface area contributed by atoms with Crippen LogP contribution < -0.4 is 16.6 Å². The third kappa shape index (κ3) is 6.30. The Hall–Kier alpha value is -0.810. The van der Waals surface area contributed by atoms with Gasteiger partial charge >= 0.3 is 0 Å². The van der Waals surface area contributed by atoms with Crippen LogP contribution in [0.25, 0.3) is 0 Å². The highest BCUT2D eigenvalue weighted by molar-refractivity contribution is 5.79. The summed E-state index contributed by atoms with van der Waals surface area (Å²) in [6, 6.07) is 0. The fraction of sp³-hybridized carbons (Fsp3) is 0.900. The molecule has 0 bridgehead atoms. The molecule has 0 aliphatic heterocycles. The van der Waals surface area contributed by atoms with Crippen LogP contribution in [-0.2, 0) is 4.74 Å². The standard InChI is InChI=1S/C10H22N4O/c1-2-15-7-3-6-12-10(14-11)13-8-9-4-5-9/h9H,2-8,11H2,1H3,(H2,12,13,14). The Morgan fingerprint density at radius 1 is 1.53 bits per heavy atom. The fourth-order valence-corrected chi connectivity index (χ4v) is 1.20. The first-order valence-electron chi connectivity index (χ1n) is 5.69. The van der Waals surface area contributed by atoms with E-state index < -0.39 is 0 Å². The third-order valence-corrected chi connectivity index (χ3v) is 2.30. The Labute approximate surface area is 91.4 Å². The average molecular weight is 214 g/mol. The van der Waals surface area contributed by atoms with E-state index in [2.05, 4.69) is 15.7 Å². The van der Waals surface area contributed by atoms with E-state index >= 15 is 0 Å². The highest BCUT2D eigenvalue weighted by Crippen LogP contribution is 2.28. The van der Waals surface area contributed by atoms with Crippen LogP contribution in [-0.4, -0.2) is 32.3 Å². The van der Waals surface area contributed by atoms with Crippen molar-refractivity contribution in [1.29, 1.82) is 0 Å². The third-order valence-electron chi connectivity index (χ3n) is 2.30. The average Bonchev–Trinajstić information content (AvgIpc) is 3.06. The molecule has 0 radical (unpaired) electrons. The van der Waals surface area contributed by atoms with Crippen molar-refractivity contribution < 1.29 is 4.74 Å². The van der Waals surface area contributed by atoms with Crippen molar-refractivity contribution in [3.63, 3.8) is 0 Å². The Kier molecular flexibility index (Phi) is 6.11. The van der Waals surface area contributed by atoms with Crippen molar-refractivity contribution in [3.8, 4) is 0 Å². The van der Waals surface area contributed by atoms with Gasteiger partial charge in [-0.25, -0.2) is 5.84 Å². The lowest BCUT2D eigenvalue weighted by molar-refractivity contribution is 0.145. The van der Waals surface area contributed by atoms with Crippen molar-refractivity contribution in [3.05, 3.63) is 0 Å². The molecule has 0 amide bonds. The Balaban J connectivity index is 2.01. The van der Waals surface area contributed by atoms with Crippen LogP contribution in [0, 0.1) is 5.92 Å². The zero-order chi connectivity index (χ0) is 10.9. The first kappa shape index (κ1) is 12.3. The number of hydrazine groups is 1. The summed E-state index contributed by atoms with van der Waals surface area (Å²) in [5.74, 6) is 6.83. The number of guanidine groups is 1. The van der Waals surface area contributed by atoms with E-state index in [1.165, 1.54) is 12.8 Å². The molecule has 0 aromatic heterocycles. The van der Waals surface area contributed by atoms with E-state index in [-0.39, 0.29) is 0 Å². The normalized spacial score (nSPS) is 16.5. The maximum Gasteiger partial charge on any atom is 0.205 e. The van der Waals surface area contributed by atoms with Gasteiger partial charge in [-0.3, -0.25) is 10.4 Å². The van der Waals surface area contributed by atoms with E-state index in [0.717, 1.165) is 38.6 Å². The van der Waals surface area contributed by atoms with Crippen LogP contribution in [0.3, 0.4) is 0 Å². The second-order valence-electron chi connectivity index (χ2n) is 3.75. The van der Waals surface area contributed by atoms with Crippen LogP contribution >= 0.6 is 0 Å². The minimum Gasteiger partial charge on any atom is -0.382 e. The second kappa shape index (κ2) is 7.48. The van der Waals surface area contributed by atoms with Gasteiger partial charge in [0.15, 0.2) is 0 Å². The Morgan fingerprint density at radius 3 is 2.93 bits per heavy atom. The first-order chi connectivity index (χ1) is 7.36. The molecule has 1 aliphatic carbocycles. The van der Waals surface area contributed by atoms with Gasteiger partial charge in [-0.05, 0) is 32.1 Å². The molecule has 0 unspecified atom stereocenters. The van der Waals surface area contributed by atoms with Crippen molar-refractivity contribution in [2.24, 2.45) is 16.8 Å². The SMILES string of the molecule is CCOCCCNC(=NCC1CC1)NN. The molecule has 4 N–H and O–H groups in total. The number of aliphatic imine (C=N–C) groups is 1. The summed E-state index contributed by atoms with van der Waals surface area (Å²) in [4.78, 5) is 4.35. The number of nitrogens with one attached hydrogen (secondary N) is 2. The largest absolute Gasteiger partial charge is 0.382 e. The molecule has 5 nitrogen and oxygen atoms in total. The number of hydrogen-bond donors (Lipinski definition) is 3. The zero-order valence-electron chi connectivity index (χ0n) is 9.46. The van der Waals surface area contributed by atoms with Crippen LogP contribution in [0.4, 0.5) is 0 Å². The summed E-state index contributed by atoms with van der Waals surface area (Å²) >= 11 is 0. The molecule has 88 valence electrons. The summed E-state index contributed by atoms with van der Waals surface area (Å²) < 4.78 is 5.23. The van der Waals surface area contributed by atoms with Gasteiger partial charge in [0, 0.05) is 26.3 Å². The van der Waals surface area contributed by atoms with E-state index in [4.69, 9.17) is 10.6 Å². The van der Waals surface area contributed by atoms with E-state index in [1.54, 1.807) is 0 Å². The maximum atomic E-state index is 5.35. The predicted molar refractivity (Wildman–Crippen MR) is 61.5 cm³/mol. The van der Waals surface area contributed by atoms with Gasteiger partial charge in [-0.15, -0.1) is 0 Å². The second-order valence-corrected chi connectivity index (χ2v) is 3.75. The molecule has 0 spiro atoms. The van der Waals surface area contributed by atoms with Crippen LogP contribution in [0.1, 0.15) is 26.2 Å². The van der Waals surface area contributed by atoms with Crippen LogP contribution in [0.2, 0.25) is 0 Å². The quantitative estimate of drug-likeness (QED) is 0.186. The van der Waals surface area contributed by atoms with Crippen molar-refractivity contribution >= 4 is 5.96 Å². The fourth-order valence-electron chi connectivity index (χ4n) is 1.20. The van der Waals surface area contributed by atoms with Crippen LogP contribution in [0.5, 0.6) is 0 Å². The molecule has 15 heavy (non-hydrogen) atoms. The lowest BCUT2D eigenvalue weighted by Crippen LogP contribution is -2.42. The minimum absolute atomic E-state index is 0.693. The molecule has 0 saturated heterocycles. The molecule has 1 fully saturated rings. The molecule has 0 atom stereocenters. The first-order valence-corrected chi connectivity index (χ1v) is 5.69. The topological polar surface area (TPSA) is 71.7 Å². The summed E-state index contributed by atoms with van der Waals surface area (Å²) in [6.07, 6.45) is 3.59. The lowest BCUT2D eigenvalue weighted by Gasteiger charge is -2.08. The van der Waals surface area contributed by atoms with Gasteiger partial charge in [0.25, 0.3) is 0 Å². The molecule has 1 saturated carbocycles. The Morgan fingerprint density at radius 2 is 2.33 bits per heavy atom. The highest BCUT2D eigenvalue weighted by atomic mass is 16.5. The minimum atomic E-state index is 0.693. The molecule has 1 rings (SSSR count). The number of nitrogens with zero attached hydrogens (tertiary/aromatic N) is 1. The van der Waals surface area contributed by atoms with Crippen molar-refractivity contribution in [2.45, 2.75) is 26.2 Å². The zero-order valence-corrected chi connectivity index (χ0v) is 9.46. The van der Waals surface area contributed by atoms with Gasteiger partial charge in [0.2, 0.25) is 5.96 Å². The van der Waals surface area contributed by atoms with Gasteiger partial charge < -0.3 is 10.1 Å². The molecular weight excluding hydrogens is 192 g/mol. The lowest BCUT2D eigenvalue weighted by atomic mass is 10.4. The maximum absolute atomic E-state index is 5.35. The van der Waals surface area contributed by atoms with Crippen molar-refractivity contribution in [2.75, 3.05) is 26.3 Å². The monoisotopic (exact) mass is 214 g/mol. The van der Waals surface area contributed by atoms with Gasteiger partial charge in [0.1, 0.15) is 0 Å². The molecular formula is C10H22N4O. The molecule has 0 aromatic rings. The van der Waals surface area contributed by atoms with E-state index in [1.807, 2.05) is 6.92 Å². The van der Waals surface area contributed by atoms with Gasteiger partial charge in [-0.2, -0.15) is 0 Å². The summed E-state index contributed by atoms with van der Waals surface area (Å²) in [7, 11) is 0. The number of hydrogen-bond acceptors (Lipinski definition) is 3. The smallest absolute Gasteiger partial charge is 0.205 e. The summed E-state index contributed by atoms with van der Waals surface area (Å²) in [6.45, 7) is 5.28. The predicted octanol–water partition coefficient (Wildman–Crippen LogP) is 0.232. The summed E-state index contributed by atoms with van der Waals surface area (Å²) in [5, 5.41) is 3.15. The Bertz CT molecular complexity index is 192. The summed E-state index contributed by atoms with van der Waals surface area (Å²) in [5.41, 5.74) is 2.57. The molecule has 1 aliphatic rings. The molecule has 0 aromatic carbocycles. The van der Waals surface area contributed by atoms with E-state index in [0.29, 0.717) is 5.96 Å². The van der Waals surface area contributed by atoms with Gasteiger partial charge in [0.05, 0.1) is 0 Å². The molecule has 5 heteroatoms. The van der Waals surface area contributed by atoms with Crippen molar-refractivity contribution in [1.82, 2.24) is 10.7 Å². The van der Waals surface area contributed by atoms with E-state index in [9.17, 15) is 0 Å². The van der Waals surface area contributed by atoms with Gasteiger partial charge in [-0.1, -0.05) is 0 Å². The number of ether oxygens (including phenoxy) is 1. The molecule has 0 heterocycles. The number of rotatable bonds is 7. The number of nitrogens with two attached hydrogens (primary N) is 1.